The minimum absolute atomic E-state index is 0.0812. The molecule has 0 spiro atoms. The maximum atomic E-state index is 14.7. The number of fused-ring (bicyclic) bond motifs is 2. The molecular formula is C34H27FN8O3S. The minimum Gasteiger partial charge on any atom is -0.335 e. The van der Waals surface area contributed by atoms with Crippen molar-refractivity contribution in [2.24, 2.45) is 0 Å². The number of benzene rings is 2. The molecule has 0 unspecified atom stereocenters. The van der Waals surface area contributed by atoms with Crippen LogP contribution in [0.15, 0.2) is 91.5 Å². The van der Waals surface area contributed by atoms with Gasteiger partial charge in [-0.05, 0) is 53.4 Å². The Labute approximate surface area is 268 Å². The van der Waals surface area contributed by atoms with Gasteiger partial charge < -0.3 is 10.3 Å². The molecular weight excluding hydrogens is 619 g/mol. The van der Waals surface area contributed by atoms with Gasteiger partial charge in [0.2, 0.25) is 5.91 Å². The van der Waals surface area contributed by atoms with Gasteiger partial charge in [0.1, 0.15) is 21.3 Å². The lowest BCUT2D eigenvalue weighted by molar-refractivity contribution is -0.115. The molecule has 13 heteroatoms. The summed E-state index contributed by atoms with van der Waals surface area (Å²) in [6.07, 6.45) is 8.10. The first-order valence-corrected chi connectivity index (χ1v) is 16.7. The van der Waals surface area contributed by atoms with E-state index in [9.17, 15) is 17.6 Å². The summed E-state index contributed by atoms with van der Waals surface area (Å²) in [6.45, 7) is 0. The van der Waals surface area contributed by atoms with E-state index in [1.165, 1.54) is 12.1 Å². The summed E-state index contributed by atoms with van der Waals surface area (Å²) in [5.74, 6) is -0.264. The second-order valence-electron chi connectivity index (χ2n) is 11.2. The van der Waals surface area contributed by atoms with Crippen LogP contribution < -0.4 is 5.32 Å². The number of carbonyl (C=O) groups is 1. The smallest absolute Gasteiger partial charge is 0.228 e. The van der Waals surface area contributed by atoms with Gasteiger partial charge in [0, 0.05) is 35.2 Å². The Bertz CT molecular complexity index is 2390. The van der Waals surface area contributed by atoms with Crippen LogP contribution in [0.25, 0.3) is 56.0 Å². The molecule has 7 aromatic rings. The molecule has 11 nitrogen and oxygen atoms in total. The Morgan fingerprint density at radius 1 is 0.936 bits per heavy atom. The number of anilines is 1. The van der Waals surface area contributed by atoms with Crippen molar-refractivity contribution >= 4 is 43.5 Å². The number of sulfone groups is 1. The third-order valence-corrected chi connectivity index (χ3v) is 8.56. The number of hydrogen-bond acceptors (Lipinski definition) is 8. The second kappa shape index (κ2) is 12.2. The maximum absolute atomic E-state index is 14.7. The second-order valence-corrected chi connectivity index (χ2v) is 13.5. The van der Waals surface area contributed by atoms with Gasteiger partial charge in [0.15, 0.2) is 11.5 Å². The van der Waals surface area contributed by atoms with Gasteiger partial charge in [0.25, 0.3) is 0 Å². The van der Waals surface area contributed by atoms with Gasteiger partial charge in [-0.15, -0.1) is 0 Å². The maximum Gasteiger partial charge on any atom is 0.228 e. The fraction of sp³-hybridized carbons (Fsp3) is 0.118. The molecule has 0 fully saturated rings. The zero-order valence-electron chi connectivity index (χ0n) is 25.0. The van der Waals surface area contributed by atoms with E-state index >= 15 is 0 Å². The Morgan fingerprint density at radius 3 is 2.62 bits per heavy atom. The van der Waals surface area contributed by atoms with Crippen LogP contribution in [0.3, 0.4) is 0 Å². The van der Waals surface area contributed by atoms with Crippen LogP contribution in [0.2, 0.25) is 0 Å². The number of H-pyrrole nitrogens is 2. The summed E-state index contributed by atoms with van der Waals surface area (Å²) in [4.78, 5) is 33.9. The van der Waals surface area contributed by atoms with Crippen LogP contribution in [0.1, 0.15) is 11.1 Å². The topological polar surface area (TPSA) is 159 Å². The van der Waals surface area contributed by atoms with Crippen molar-refractivity contribution < 1.29 is 17.6 Å². The van der Waals surface area contributed by atoms with Crippen molar-refractivity contribution in [2.45, 2.75) is 12.8 Å². The summed E-state index contributed by atoms with van der Waals surface area (Å²) < 4.78 is 38.0. The number of rotatable bonds is 9. The zero-order valence-corrected chi connectivity index (χ0v) is 25.8. The van der Waals surface area contributed by atoms with Crippen molar-refractivity contribution in [1.82, 2.24) is 35.1 Å². The molecule has 0 aliphatic heterocycles. The molecule has 47 heavy (non-hydrogen) atoms. The van der Waals surface area contributed by atoms with E-state index in [4.69, 9.17) is 0 Å². The molecule has 0 atom stereocenters. The van der Waals surface area contributed by atoms with E-state index in [2.05, 4.69) is 40.4 Å². The highest BCUT2D eigenvalue weighted by atomic mass is 32.2. The predicted octanol–water partition coefficient (Wildman–Crippen LogP) is 5.53. The molecule has 1 amide bonds. The van der Waals surface area contributed by atoms with Crippen molar-refractivity contribution in [3.05, 3.63) is 108 Å². The fourth-order valence-electron chi connectivity index (χ4n) is 5.41. The number of aryl methyl sites for hydroxylation is 1. The van der Waals surface area contributed by atoms with E-state index in [0.717, 1.165) is 17.2 Å². The molecule has 0 aliphatic rings. The monoisotopic (exact) mass is 646 g/mol. The third kappa shape index (κ3) is 6.60. The molecule has 2 aromatic carbocycles. The van der Waals surface area contributed by atoms with Crippen molar-refractivity contribution in [3.63, 3.8) is 0 Å². The normalized spacial score (nSPS) is 11.7. The predicted molar refractivity (Wildman–Crippen MR) is 178 cm³/mol. The molecule has 0 radical (unpaired) electrons. The number of aromatic amines is 2. The largest absolute Gasteiger partial charge is 0.335 e. The number of aromatic nitrogens is 7. The van der Waals surface area contributed by atoms with E-state index in [-0.39, 0.29) is 24.5 Å². The molecule has 234 valence electrons. The summed E-state index contributed by atoms with van der Waals surface area (Å²) in [5.41, 5.74) is 6.76. The number of halogens is 1. The van der Waals surface area contributed by atoms with E-state index in [0.29, 0.717) is 61.8 Å². The quantitative estimate of drug-likeness (QED) is 0.185. The summed E-state index contributed by atoms with van der Waals surface area (Å²) in [7, 11) is -3.21. The van der Waals surface area contributed by atoms with E-state index < -0.39 is 15.7 Å². The highest BCUT2D eigenvalue weighted by Crippen LogP contribution is 2.33. The Morgan fingerprint density at radius 2 is 1.79 bits per heavy atom. The third-order valence-electron chi connectivity index (χ3n) is 7.62. The lowest BCUT2D eigenvalue weighted by Crippen LogP contribution is -2.14. The molecule has 5 aromatic heterocycles. The number of imidazole rings is 1. The van der Waals surface area contributed by atoms with Crippen LogP contribution in [-0.4, -0.2) is 61.5 Å². The first-order valence-electron chi connectivity index (χ1n) is 14.6. The lowest BCUT2D eigenvalue weighted by Gasteiger charge is -2.07. The van der Waals surface area contributed by atoms with Crippen molar-refractivity contribution in [3.8, 4) is 33.9 Å². The average Bonchev–Trinajstić information content (AvgIpc) is 3.68. The number of nitrogens with one attached hydrogen (secondary N) is 3. The van der Waals surface area contributed by atoms with Crippen LogP contribution in [0.5, 0.6) is 0 Å². The fourth-order valence-corrected chi connectivity index (χ4v) is 6.01. The average molecular weight is 647 g/mol. The SMILES string of the molecule is CS(=O)(=O)CCc1cc(F)cc(-c2ccnc3nc(-c4n[nH]c5cnc(-c6cncc(NC(=O)Cc7ccccc7)c6)cc45)[nH]c23)c1. The molecule has 0 saturated carbocycles. The number of amides is 1. The number of pyridine rings is 3. The van der Waals surface area contributed by atoms with Gasteiger partial charge in [0.05, 0.1) is 47.0 Å². The molecule has 0 saturated heterocycles. The minimum atomic E-state index is -3.21. The van der Waals surface area contributed by atoms with Crippen LogP contribution >= 0.6 is 0 Å². The molecule has 3 N–H and O–H groups in total. The number of hydrogen-bond donors (Lipinski definition) is 3. The van der Waals surface area contributed by atoms with Crippen molar-refractivity contribution in [2.75, 3.05) is 17.3 Å². The Balaban J connectivity index is 1.20. The highest BCUT2D eigenvalue weighted by Gasteiger charge is 2.18. The van der Waals surface area contributed by atoms with Crippen molar-refractivity contribution in [1.29, 1.82) is 0 Å². The standard InChI is InChI=1S/C34H27FN8O3S/c1-47(45,46)10-8-21-11-22(14-24(35)12-21)26-7-9-37-33-31(26)40-34(41-33)32-27-16-28(38-19-29(27)42-43-32)23-15-25(18-36-17-23)39-30(44)13-20-5-3-2-4-6-20/h2-7,9,11-12,14-19H,8,10,13H2,1H3,(H,39,44)(H,42,43)(H,37,40,41). The number of carbonyl (C=O) groups excluding carboxylic acids is 1. The van der Waals surface area contributed by atoms with Crippen LogP contribution in [-0.2, 0) is 27.5 Å². The summed E-state index contributed by atoms with van der Waals surface area (Å²) in [5, 5.41) is 11.1. The van der Waals surface area contributed by atoms with Gasteiger partial charge in [-0.1, -0.05) is 36.4 Å². The number of nitrogens with zero attached hydrogens (tertiary/aromatic N) is 5. The van der Waals surface area contributed by atoms with Gasteiger partial charge >= 0.3 is 0 Å². The van der Waals surface area contributed by atoms with Gasteiger partial charge in [-0.2, -0.15) is 5.10 Å². The van der Waals surface area contributed by atoms with E-state index in [1.54, 1.807) is 36.9 Å². The van der Waals surface area contributed by atoms with Crippen LogP contribution in [0.4, 0.5) is 10.1 Å². The lowest BCUT2D eigenvalue weighted by atomic mass is 10.0. The van der Waals surface area contributed by atoms with Gasteiger partial charge in [-0.25, -0.2) is 22.8 Å². The van der Waals surface area contributed by atoms with E-state index in [1.807, 2.05) is 42.5 Å². The summed E-state index contributed by atoms with van der Waals surface area (Å²) >= 11 is 0. The molecule has 0 bridgehead atoms. The highest BCUT2D eigenvalue weighted by molar-refractivity contribution is 7.90. The zero-order chi connectivity index (χ0) is 32.5. The molecule has 5 heterocycles. The summed E-state index contributed by atoms with van der Waals surface area (Å²) in [6, 6.07) is 19.4. The first kappa shape index (κ1) is 29.9. The van der Waals surface area contributed by atoms with Crippen LogP contribution in [0, 0.1) is 5.82 Å². The Hall–Kier alpha value is -5.82. The molecule has 7 rings (SSSR count). The molecule has 0 aliphatic carbocycles. The first-order chi connectivity index (χ1) is 22.7. The van der Waals surface area contributed by atoms with Gasteiger partial charge in [-0.3, -0.25) is 19.9 Å². The Kier molecular flexibility index (Phi) is 7.74.